The standard InChI is InChI=1S/C18H21NO4/c1-18(2,3)23-16(20)11-15(17(21)22)19-14-10-6-8-12-7-4-5-9-13(12)14/h4-10,15,19H,11H2,1-3H3,(H,21,22)/t15-/m0/s1. The van der Waals surface area contributed by atoms with Gasteiger partial charge in [0.25, 0.3) is 0 Å². The topological polar surface area (TPSA) is 75.6 Å². The summed E-state index contributed by atoms with van der Waals surface area (Å²) in [6, 6.07) is 12.2. The second kappa shape index (κ2) is 6.69. The molecule has 5 nitrogen and oxygen atoms in total. The summed E-state index contributed by atoms with van der Waals surface area (Å²) in [5.41, 5.74) is 0.0404. The van der Waals surface area contributed by atoms with E-state index in [1.807, 2.05) is 36.4 Å². The molecule has 0 spiro atoms. The summed E-state index contributed by atoms with van der Waals surface area (Å²) >= 11 is 0. The Kier molecular flexibility index (Phi) is 4.89. The molecule has 2 aromatic carbocycles. The van der Waals surface area contributed by atoms with E-state index in [1.54, 1.807) is 26.8 Å². The van der Waals surface area contributed by atoms with Crippen LogP contribution in [0, 0.1) is 0 Å². The van der Waals surface area contributed by atoms with Gasteiger partial charge in [-0.3, -0.25) is 4.79 Å². The SMILES string of the molecule is CC(C)(C)OC(=O)C[C@H](Nc1cccc2ccccc12)C(=O)O. The number of carboxylic acids is 1. The van der Waals surface area contributed by atoms with Gasteiger partial charge >= 0.3 is 11.9 Å². The van der Waals surface area contributed by atoms with Crippen molar-refractivity contribution in [3.8, 4) is 0 Å². The first kappa shape index (κ1) is 16.8. The maximum absolute atomic E-state index is 11.9. The average Bonchev–Trinajstić information content (AvgIpc) is 2.44. The molecule has 5 heteroatoms. The molecule has 2 aromatic rings. The highest BCUT2D eigenvalue weighted by Crippen LogP contribution is 2.24. The van der Waals surface area contributed by atoms with Crippen molar-refractivity contribution in [1.29, 1.82) is 0 Å². The predicted octanol–water partition coefficient (Wildman–Crippen LogP) is 3.44. The number of aliphatic carboxylic acids is 1. The van der Waals surface area contributed by atoms with E-state index < -0.39 is 23.6 Å². The lowest BCUT2D eigenvalue weighted by Gasteiger charge is -2.22. The fraction of sp³-hybridized carbons (Fsp3) is 0.333. The Morgan fingerprint density at radius 1 is 1.13 bits per heavy atom. The molecule has 1 atom stereocenters. The minimum absolute atomic E-state index is 0.240. The zero-order chi connectivity index (χ0) is 17.0. The summed E-state index contributed by atoms with van der Waals surface area (Å²) < 4.78 is 5.20. The van der Waals surface area contributed by atoms with E-state index in [4.69, 9.17) is 4.74 Å². The van der Waals surface area contributed by atoms with Crippen LogP contribution in [0.5, 0.6) is 0 Å². The lowest BCUT2D eigenvalue weighted by molar-refractivity contribution is -0.157. The number of esters is 1. The maximum atomic E-state index is 11.9. The number of rotatable bonds is 5. The summed E-state index contributed by atoms with van der Waals surface area (Å²) in [4.78, 5) is 23.4. The van der Waals surface area contributed by atoms with Crippen LogP contribution in [-0.4, -0.2) is 28.7 Å². The lowest BCUT2D eigenvalue weighted by Crippen LogP contribution is -2.34. The average molecular weight is 315 g/mol. The second-order valence-electron chi connectivity index (χ2n) is 6.35. The zero-order valence-electron chi connectivity index (χ0n) is 13.5. The second-order valence-corrected chi connectivity index (χ2v) is 6.35. The van der Waals surface area contributed by atoms with Gasteiger partial charge in [-0.05, 0) is 32.2 Å². The Morgan fingerprint density at radius 3 is 2.43 bits per heavy atom. The molecule has 122 valence electrons. The minimum atomic E-state index is -1.09. The third-order valence-electron chi connectivity index (χ3n) is 3.21. The molecule has 0 aliphatic heterocycles. The smallest absolute Gasteiger partial charge is 0.326 e. The number of anilines is 1. The number of fused-ring (bicyclic) bond motifs is 1. The van der Waals surface area contributed by atoms with E-state index in [9.17, 15) is 14.7 Å². The third-order valence-corrected chi connectivity index (χ3v) is 3.21. The molecule has 0 amide bonds. The van der Waals surface area contributed by atoms with Gasteiger partial charge in [0.15, 0.2) is 0 Å². The van der Waals surface area contributed by atoms with Gasteiger partial charge in [0, 0.05) is 11.1 Å². The van der Waals surface area contributed by atoms with Gasteiger partial charge in [0.2, 0.25) is 0 Å². The van der Waals surface area contributed by atoms with Gasteiger partial charge < -0.3 is 15.2 Å². The largest absolute Gasteiger partial charge is 0.480 e. The van der Waals surface area contributed by atoms with Crippen molar-refractivity contribution in [3.63, 3.8) is 0 Å². The van der Waals surface area contributed by atoms with Crippen LogP contribution in [0.25, 0.3) is 10.8 Å². The molecule has 0 aromatic heterocycles. The number of benzene rings is 2. The van der Waals surface area contributed by atoms with Crippen molar-refractivity contribution in [2.24, 2.45) is 0 Å². The predicted molar refractivity (Wildman–Crippen MR) is 89.5 cm³/mol. The Balaban J connectivity index is 2.19. The lowest BCUT2D eigenvalue weighted by atomic mass is 10.1. The molecule has 23 heavy (non-hydrogen) atoms. The first-order valence-corrected chi connectivity index (χ1v) is 7.45. The quantitative estimate of drug-likeness (QED) is 0.827. The monoisotopic (exact) mass is 315 g/mol. The number of hydrogen-bond donors (Lipinski definition) is 2. The van der Waals surface area contributed by atoms with Crippen LogP contribution >= 0.6 is 0 Å². The van der Waals surface area contributed by atoms with Crippen molar-refractivity contribution in [2.75, 3.05) is 5.32 Å². The fourth-order valence-corrected chi connectivity index (χ4v) is 2.29. The summed E-state index contributed by atoms with van der Waals surface area (Å²) in [6.45, 7) is 5.25. The van der Waals surface area contributed by atoms with Crippen LogP contribution in [0.2, 0.25) is 0 Å². The van der Waals surface area contributed by atoms with Crippen molar-refractivity contribution < 1.29 is 19.4 Å². The molecule has 0 aliphatic carbocycles. The third kappa shape index (κ3) is 4.71. The van der Waals surface area contributed by atoms with Gasteiger partial charge in [-0.2, -0.15) is 0 Å². The van der Waals surface area contributed by atoms with Crippen molar-refractivity contribution >= 4 is 28.4 Å². The van der Waals surface area contributed by atoms with Crippen LogP contribution in [0.1, 0.15) is 27.2 Å². The maximum Gasteiger partial charge on any atom is 0.326 e. The van der Waals surface area contributed by atoms with E-state index in [0.29, 0.717) is 5.69 Å². The summed E-state index contributed by atoms with van der Waals surface area (Å²) in [7, 11) is 0. The first-order chi connectivity index (χ1) is 10.8. The van der Waals surface area contributed by atoms with E-state index in [1.165, 1.54) is 0 Å². The fourth-order valence-electron chi connectivity index (χ4n) is 2.29. The molecule has 0 saturated heterocycles. The molecular formula is C18H21NO4. The van der Waals surface area contributed by atoms with E-state index in [-0.39, 0.29) is 6.42 Å². The minimum Gasteiger partial charge on any atom is -0.480 e. The highest BCUT2D eigenvalue weighted by molar-refractivity contribution is 5.95. The Morgan fingerprint density at radius 2 is 1.78 bits per heavy atom. The summed E-state index contributed by atoms with van der Waals surface area (Å²) in [6.07, 6.45) is -0.240. The highest BCUT2D eigenvalue weighted by Gasteiger charge is 2.25. The molecule has 0 fully saturated rings. The Bertz CT molecular complexity index is 713. The number of carboxylic acid groups (broad SMARTS) is 1. The molecular weight excluding hydrogens is 294 g/mol. The van der Waals surface area contributed by atoms with Gasteiger partial charge in [-0.1, -0.05) is 36.4 Å². The normalized spacial score (nSPS) is 12.7. The van der Waals surface area contributed by atoms with Gasteiger partial charge in [-0.25, -0.2) is 4.79 Å². The molecule has 0 heterocycles. The van der Waals surface area contributed by atoms with Crippen LogP contribution in [0.15, 0.2) is 42.5 Å². The number of carbonyl (C=O) groups is 2. The van der Waals surface area contributed by atoms with E-state index >= 15 is 0 Å². The zero-order valence-corrected chi connectivity index (χ0v) is 13.5. The van der Waals surface area contributed by atoms with Crippen molar-refractivity contribution in [2.45, 2.75) is 38.8 Å². The molecule has 0 saturated carbocycles. The molecule has 0 radical (unpaired) electrons. The van der Waals surface area contributed by atoms with E-state index in [0.717, 1.165) is 10.8 Å². The van der Waals surface area contributed by atoms with E-state index in [2.05, 4.69) is 5.32 Å². The Hall–Kier alpha value is -2.56. The Labute approximate surface area is 135 Å². The molecule has 2 N–H and O–H groups in total. The number of nitrogens with one attached hydrogen (secondary N) is 1. The highest BCUT2D eigenvalue weighted by atomic mass is 16.6. The molecule has 2 rings (SSSR count). The van der Waals surface area contributed by atoms with Crippen LogP contribution in [0.3, 0.4) is 0 Å². The van der Waals surface area contributed by atoms with Gasteiger partial charge in [-0.15, -0.1) is 0 Å². The summed E-state index contributed by atoms with van der Waals surface area (Å²) in [5, 5.41) is 14.2. The van der Waals surface area contributed by atoms with Crippen LogP contribution < -0.4 is 5.32 Å². The molecule has 0 aliphatic rings. The van der Waals surface area contributed by atoms with Gasteiger partial charge in [0.1, 0.15) is 11.6 Å². The summed E-state index contributed by atoms with van der Waals surface area (Å²) in [5.74, 6) is -1.64. The number of carbonyl (C=O) groups excluding carboxylic acids is 1. The number of hydrogen-bond acceptors (Lipinski definition) is 4. The van der Waals surface area contributed by atoms with Crippen molar-refractivity contribution in [1.82, 2.24) is 0 Å². The van der Waals surface area contributed by atoms with Crippen molar-refractivity contribution in [3.05, 3.63) is 42.5 Å². The van der Waals surface area contributed by atoms with Crippen LogP contribution in [-0.2, 0) is 14.3 Å². The molecule has 0 bridgehead atoms. The molecule has 0 unspecified atom stereocenters. The first-order valence-electron chi connectivity index (χ1n) is 7.45. The van der Waals surface area contributed by atoms with Crippen LogP contribution in [0.4, 0.5) is 5.69 Å². The van der Waals surface area contributed by atoms with Gasteiger partial charge in [0.05, 0.1) is 6.42 Å². The number of ether oxygens (including phenoxy) is 1.